The lowest BCUT2D eigenvalue weighted by atomic mass is 10.1. The Balaban J connectivity index is 1.66. The van der Waals surface area contributed by atoms with Gasteiger partial charge in [0.25, 0.3) is 5.22 Å². The molecule has 5 nitrogen and oxygen atoms in total. The first kappa shape index (κ1) is 15.6. The lowest BCUT2D eigenvalue weighted by Crippen LogP contribution is -2.16. The molecular weight excluding hydrogens is 310 g/mol. The number of aromatic nitrogens is 2. The molecule has 0 fully saturated rings. The second kappa shape index (κ2) is 6.83. The molecule has 1 amide bonds. The zero-order valence-corrected chi connectivity index (χ0v) is 13.8. The molecule has 0 aliphatic heterocycles. The fraction of sp³-hybridized carbons (Fsp3) is 0.235. The summed E-state index contributed by atoms with van der Waals surface area (Å²) in [6, 6.07) is 9.62. The van der Waals surface area contributed by atoms with Gasteiger partial charge < -0.3 is 9.73 Å². The van der Waals surface area contributed by atoms with Crippen molar-refractivity contribution in [2.75, 3.05) is 11.1 Å². The van der Waals surface area contributed by atoms with Crippen LogP contribution in [-0.4, -0.2) is 21.6 Å². The van der Waals surface area contributed by atoms with Gasteiger partial charge in [-0.1, -0.05) is 36.9 Å². The minimum absolute atomic E-state index is 0.0748. The Kier molecular flexibility index (Phi) is 4.62. The van der Waals surface area contributed by atoms with E-state index in [1.165, 1.54) is 11.8 Å². The van der Waals surface area contributed by atoms with Crippen LogP contribution in [-0.2, 0) is 11.2 Å². The fourth-order valence-corrected chi connectivity index (χ4v) is 2.94. The van der Waals surface area contributed by atoms with E-state index >= 15 is 0 Å². The number of benzene rings is 1. The van der Waals surface area contributed by atoms with Crippen LogP contribution in [0, 0.1) is 6.92 Å². The predicted molar refractivity (Wildman–Crippen MR) is 91.7 cm³/mol. The van der Waals surface area contributed by atoms with Crippen LogP contribution in [0.25, 0.3) is 11.2 Å². The summed E-state index contributed by atoms with van der Waals surface area (Å²) in [5.41, 5.74) is 4.29. The van der Waals surface area contributed by atoms with Crippen molar-refractivity contribution in [2.24, 2.45) is 0 Å². The van der Waals surface area contributed by atoms with Crippen LogP contribution in [0.2, 0.25) is 0 Å². The number of fused-ring (bicyclic) bond motifs is 1. The van der Waals surface area contributed by atoms with E-state index in [1.807, 2.05) is 25.1 Å². The summed E-state index contributed by atoms with van der Waals surface area (Å²) in [7, 11) is 0. The summed E-state index contributed by atoms with van der Waals surface area (Å²) in [6.07, 6.45) is 2.54. The summed E-state index contributed by atoms with van der Waals surface area (Å²) < 4.78 is 5.55. The number of oxazole rings is 1. The molecule has 0 radical (unpaired) electrons. The molecule has 2 heterocycles. The predicted octanol–water partition coefficient (Wildman–Crippen LogP) is 3.82. The van der Waals surface area contributed by atoms with Crippen molar-refractivity contribution in [1.29, 1.82) is 0 Å². The summed E-state index contributed by atoms with van der Waals surface area (Å²) in [4.78, 5) is 20.6. The zero-order chi connectivity index (χ0) is 16.2. The summed E-state index contributed by atoms with van der Waals surface area (Å²) >= 11 is 1.26. The Morgan fingerprint density at radius 1 is 1.30 bits per heavy atom. The van der Waals surface area contributed by atoms with Crippen molar-refractivity contribution in [3.05, 3.63) is 47.7 Å². The third-order valence-electron chi connectivity index (χ3n) is 3.48. The number of hydrogen-bond acceptors (Lipinski definition) is 5. The summed E-state index contributed by atoms with van der Waals surface area (Å²) in [5.74, 6) is 0.166. The SMILES string of the molecule is CCc1cccc(C)c1NC(=O)CSc1nc2ncccc2o1. The van der Waals surface area contributed by atoms with E-state index in [2.05, 4.69) is 22.2 Å². The number of amides is 1. The van der Waals surface area contributed by atoms with Gasteiger partial charge in [-0.25, -0.2) is 4.98 Å². The second-order valence-electron chi connectivity index (χ2n) is 5.10. The fourth-order valence-electron chi connectivity index (χ4n) is 2.32. The van der Waals surface area contributed by atoms with Gasteiger partial charge in [0.2, 0.25) is 5.91 Å². The Labute approximate surface area is 138 Å². The van der Waals surface area contributed by atoms with Crippen LogP contribution in [0.3, 0.4) is 0 Å². The number of carbonyl (C=O) groups excluding carboxylic acids is 1. The van der Waals surface area contributed by atoms with Gasteiger partial charge >= 0.3 is 0 Å². The van der Waals surface area contributed by atoms with Gasteiger partial charge in [-0.2, -0.15) is 4.98 Å². The average Bonchev–Trinajstić information content (AvgIpc) is 2.98. The number of anilines is 1. The maximum Gasteiger partial charge on any atom is 0.258 e. The number of pyridine rings is 1. The molecule has 6 heteroatoms. The largest absolute Gasteiger partial charge is 0.430 e. The number of nitrogens with zero attached hydrogens (tertiary/aromatic N) is 2. The number of nitrogens with one attached hydrogen (secondary N) is 1. The lowest BCUT2D eigenvalue weighted by molar-refractivity contribution is -0.113. The maximum absolute atomic E-state index is 12.2. The molecule has 0 aliphatic carbocycles. The topological polar surface area (TPSA) is 68.0 Å². The minimum atomic E-state index is -0.0748. The molecule has 1 aromatic carbocycles. The van der Waals surface area contributed by atoms with Gasteiger partial charge in [-0.3, -0.25) is 4.79 Å². The van der Waals surface area contributed by atoms with Crippen molar-refractivity contribution in [3.8, 4) is 0 Å². The van der Waals surface area contributed by atoms with Crippen LogP contribution in [0.4, 0.5) is 5.69 Å². The van der Waals surface area contributed by atoms with Gasteiger partial charge in [-0.15, -0.1) is 0 Å². The molecule has 0 aliphatic rings. The molecule has 0 bridgehead atoms. The number of para-hydroxylation sites is 1. The Bertz CT molecular complexity index is 812. The van der Waals surface area contributed by atoms with Crippen LogP contribution in [0.5, 0.6) is 0 Å². The number of carbonyl (C=O) groups is 1. The van der Waals surface area contributed by atoms with Crippen LogP contribution in [0.1, 0.15) is 18.1 Å². The molecule has 0 spiro atoms. The Morgan fingerprint density at radius 2 is 2.17 bits per heavy atom. The van der Waals surface area contributed by atoms with E-state index in [-0.39, 0.29) is 11.7 Å². The van der Waals surface area contributed by atoms with E-state index < -0.39 is 0 Å². The quantitative estimate of drug-likeness (QED) is 0.721. The maximum atomic E-state index is 12.2. The number of rotatable bonds is 5. The lowest BCUT2D eigenvalue weighted by Gasteiger charge is -2.12. The van der Waals surface area contributed by atoms with Gasteiger partial charge in [0.15, 0.2) is 11.2 Å². The van der Waals surface area contributed by atoms with Crippen molar-refractivity contribution in [3.63, 3.8) is 0 Å². The van der Waals surface area contributed by atoms with Crippen molar-refractivity contribution < 1.29 is 9.21 Å². The van der Waals surface area contributed by atoms with E-state index in [0.717, 1.165) is 23.2 Å². The Morgan fingerprint density at radius 3 is 2.96 bits per heavy atom. The van der Waals surface area contributed by atoms with E-state index in [4.69, 9.17) is 4.42 Å². The molecule has 118 valence electrons. The van der Waals surface area contributed by atoms with Gasteiger partial charge in [-0.05, 0) is 36.6 Å². The third kappa shape index (κ3) is 3.53. The molecule has 0 unspecified atom stereocenters. The normalized spacial score (nSPS) is 10.9. The highest BCUT2D eigenvalue weighted by Gasteiger charge is 2.12. The highest BCUT2D eigenvalue weighted by atomic mass is 32.2. The molecular formula is C17H17N3O2S. The number of hydrogen-bond donors (Lipinski definition) is 1. The first-order valence-corrected chi connectivity index (χ1v) is 8.38. The van der Waals surface area contributed by atoms with Gasteiger partial charge in [0.1, 0.15) is 0 Å². The first-order valence-electron chi connectivity index (χ1n) is 7.40. The molecule has 0 atom stereocenters. The number of aryl methyl sites for hydroxylation is 2. The smallest absolute Gasteiger partial charge is 0.258 e. The molecule has 0 saturated carbocycles. The number of thioether (sulfide) groups is 1. The molecule has 3 rings (SSSR count). The van der Waals surface area contributed by atoms with Crippen molar-refractivity contribution >= 4 is 34.6 Å². The molecule has 23 heavy (non-hydrogen) atoms. The standard InChI is InChI=1S/C17H17N3O2S/c1-3-12-7-4-6-11(2)15(12)19-14(21)10-23-17-20-16-13(22-17)8-5-9-18-16/h4-9H,3,10H2,1-2H3,(H,19,21). The van der Waals surface area contributed by atoms with Crippen LogP contribution < -0.4 is 5.32 Å². The third-order valence-corrected chi connectivity index (χ3v) is 4.30. The highest BCUT2D eigenvalue weighted by Crippen LogP contribution is 2.24. The summed E-state index contributed by atoms with van der Waals surface area (Å²) in [6.45, 7) is 4.07. The average molecular weight is 327 g/mol. The van der Waals surface area contributed by atoms with Crippen molar-refractivity contribution in [2.45, 2.75) is 25.5 Å². The zero-order valence-electron chi connectivity index (χ0n) is 13.0. The van der Waals surface area contributed by atoms with E-state index in [9.17, 15) is 4.79 Å². The molecule has 0 saturated heterocycles. The van der Waals surface area contributed by atoms with Gasteiger partial charge in [0, 0.05) is 11.9 Å². The minimum Gasteiger partial charge on any atom is -0.430 e. The first-order chi connectivity index (χ1) is 11.2. The summed E-state index contributed by atoms with van der Waals surface area (Å²) in [5, 5.41) is 3.44. The molecule has 1 N–H and O–H groups in total. The Hall–Kier alpha value is -2.34. The van der Waals surface area contributed by atoms with Crippen molar-refractivity contribution in [1.82, 2.24) is 9.97 Å². The van der Waals surface area contributed by atoms with E-state index in [0.29, 0.717) is 16.5 Å². The van der Waals surface area contributed by atoms with E-state index in [1.54, 1.807) is 18.3 Å². The monoisotopic (exact) mass is 327 g/mol. The molecule has 3 aromatic rings. The van der Waals surface area contributed by atoms with Gasteiger partial charge in [0.05, 0.1) is 5.75 Å². The second-order valence-corrected chi connectivity index (χ2v) is 6.03. The highest BCUT2D eigenvalue weighted by molar-refractivity contribution is 7.99. The molecule has 2 aromatic heterocycles. The van der Waals surface area contributed by atoms with Crippen LogP contribution >= 0.6 is 11.8 Å². The van der Waals surface area contributed by atoms with Crippen LogP contribution in [0.15, 0.2) is 46.2 Å².